The van der Waals surface area contributed by atoms with E-state index in [1.54, 1.807) is 0 Å². The fourth-order valence-electron chi connectivity index (χ4n) is 1.39. The molecule has 0 amide bonds. The van der Waals surface area contributed by atoms with Gasteiger partial charge in [-0.25, -0.2) is 9.37 Å². The number of hydrogen-bond acceptors (Lipinski definition) is 4. The second kappa shape index (κ2) is 4.90. The summed E-state index contributed by atoms with van der Waals surface area (Å²) in [5.74, 6) is -0.125. The van der Waals surface area contributed by atoms with E-state index >= 15 is 0 Å². The van der Waals surface area contributed by atoms with Crippen LogP contribution in [-0.4, -0.2) is 4.98 Å². The number of halogens is 2. The first kappa shape index (κ1) is 12.1. The van der Waals surface area contributed by atoms with Gasteiger partial charge in [-0.05, 0) is 24.3 Å². The summed E-state index contributed by atoms with van der Waals surface area (Å²) in [5.41, 5.74) is 6.76. The van der Waals surface area contributed by atoms with Crippen molar-refractivity contribution in [1.29, 1.82) is 5.26 Å². The van der Waals surface area contributed by atoms with E-state index in [4.69, 9.17) is 22.6 Å². The highest BCUT2D eigenvalue weighted by molar-refractivity contribution is 6.33. The molecule has 4 nitrogen and oxygen atoms in total. The summed E-state index contributed by atoms with van der Waals surface area (Å²) in [6.07, 6.45) is 1.45. The third kappa shape index (κ3) is 2.34. The molecule has 0 aliphatic heterocycles. The lowest BCUT2D eigenvalue weighted by Gasteiger charge is -2.10. The van der Waals surface area contributed by atoms with Crippen molar-refractivity contribution in [2.45, 2.75) is 0 Å². The molecule has 2 rings (SSSR count). The van der Waals surface area contributed by atoms with Crippen molar-refractivity contribution >= 4 is 28.8 Å². The Labute approximate surface area is 108 Å². The summed E-state index contributed by atoms with van der Waals surface area (Å²) in [7, 11) is 0. The number of anilines is 3. The van der Waals surface area contributed by atoms with E-state index in [1.807, 2.05) is 6.07 Å². The van der Waals surface area contributed by atoms with Crippen LogP contribution >= 0.6 is 11.6 Å². The van der Waals surface area contributed by atoms with Gasteiger partial charge in [0.05, 0.1) is 22.0 Å². The Hall–Kier alpha value is -2.32. The van der Waals surface area contributed by atoms with Gasteiger partial charge in [0.25, 0.3) is 0 Å². The maximum absolute atomic E-state index is 12.9. The summed E-state index contributed by atoms with van der Waals surface area (Å²) < 4.78 is 12.9. The number of nitrogens with two attached hydrogens (primary N) is 1. The minimum absolute atomic E-state index is 0.207. The summed E-state index contributed by atoms with van der Waals surface area (Å²) in [4.78, 5) is 4.01. The largest absolute Gasteiger partial charge is 0.395 e. The number of nitriles is 1. The molecule has 0 aliphatic rings. The van der Waals surface area contributed by atoms with Crippen LogP contribution in [0.2, 0.25) is 5.02 Å². The third-order valence-corrected chi connectivity index (χ3v) is 2.61. The van der Waals surface area contributed by atoms with E-state index in [-0.39, 0.29) is 10.7 Å². The van der Waals surface area contributed by atoms with E-state index in [1.165, 1.54) is 30.5 Å². The second-order valence-corrected chi connectivity index (χ2v) is 3.89. The number of nitrogens with zero attached hydrogens (tertiary/aromatic N) is 2. The van der Waals surface area contributed by atoms with Crippen LogP contribution < -0.4 is 11.1 Å². The molecule has 1 aromatic carbocycles. The predicted molar refractivity (Wildman–Crippen MR) is 68.1 cm³/mol. The van der Waals surface area contributed by atoms with Crippen molar-refractivity contribution in [2.24, 2.45) is 0 Å². The Morgan fingerprint density at radius 1 is 1.39 bits per heavy atom. The molecule has 0 saturated heterocycles. The number of benzene rings is 1. The Kier molecular flexibility index (Phi) is 3.31. The molecule has 90 valence electrons. The first-order chi connectivity index (χ1) is 8.61. The van der Waals surface area contributed by atoms with E-state index in [0.717, 1.165) is 0 Å². The molecule has 0 radical (unpaired) electrons. The molecular formula is C12H8ClFN4. The van der Waals surface area contributed by atoms with Crippen LogP contribution in [0.5, 0.6) is 0 Å². The summed E-state index contributed by atoms with van der Waals surface area (Å²) >= 11 is 5.87. The molecule has 0 fully saturated rings. The van der Waals surface area contributed by atoms with E-state index in [2.05, 4.69) is 10.3 Å². The van der Waals surface area contributed by atoms with Gasteiger partial charge in [-0.1, -0.05) is 11.6 Å². The standard InChI is InChI=1S/C12H8ClFN4/c13-9-5-8(14)1-2-10(9)18-12-11(16)7(6-15)3-4-17-12/h1-5H,16H2,(H,17,18). The minimum Gasteiger partial charge on any atom is -0.395 e. The average molecular weight is 263 g/mol. The zero-order valence-corrected chi connectivity index (χ0v) is 9.87. The number of pyridine rings is 1. The van der Waals surface area contributed by atoms with Crippen molar-refractivity contribution in [3.8, 4) is 6.07 Å². The molecule has 1 aromatic heterocycles. The van der Waals surface area contributed by atoms with Gasteiger partial charge >= 0.3 is 0 Å². The fourth-order valence-corrected chi connectivity index (χ4v) is 1.60. The lowest BCUT2D eigenvalue weighted by molar-refractivity contribution is 0.628. The number of nitrogens with one attached hydrogen (secondary N) is 1. The van der Waals surface area contributed by atoms with Crippen LogP contribution in [-0.2, 0) is 0 Å². The number of hydrogen-bond donors (Lipinski definition) is 2. The highest BCUT2D eigenvalue weighted by atomic mass is 35.5. The lowest BCUT2D eigenvalue weighted by Crippen LogP contribution is -2.01. The summed E-state index contributed by atoms with van der Waals surface area (Å²) in [5, 5.41) is 11.9. The molecular weight excluding hydrogens is 255 g/mol. The number of nitrogen functional groups attached to an aromatic ring is 1. The Morgan fingerprint density at radius 2 is 2.17 bits per heavy atom. The zero-order chi connectivity index (χ0) is 13.1. The van der Waals surface area contributed by atoms with Crippen molar-refractivity contribution in [3.05, 3.63) is 46.9 Å². The van der Waals surface area contributed by atoms with E-state index in [9.17, 15) is 4.39 Å². The normalized spacial score (nSPS) is 9.83. The summed E-state index contributed by atoms with van der Waals surface area (Å²) in [6, 6.07) is 7.36. The molecule has 0 atom stereocenters. The average Bonchev–Trinajstić information content (AvgIpc) is 2.35. The van der Waals surface area contributed by atoms with Crippen molar-refractivity contribution < 1.29 is 4.39 Å². The SMILES string of the molecule is N#Cc1ccnc(Nc2ccc(F)cc2Cl)c1N. The van der Waals surface area contributed by atoms with E-state index < -0.39 is 5.82 Å². The molecule has 0 unspecified atom stereocenters. The van der Waals surface area contributed by atoms with Crippen molar-refractivity contribution in [1.82, 2.24) is 4.98 Å². The first-order valence-electron chi connectivity index (χ1n) is 4.98. The van der Waals surface area contributed by atoms with Crippen LogP contribution in [0.1, 0.15) is 5.56 Å². The fraction of sp³-hybridized carbons (Fsp3) is 0. The Balaban J connectivity index is 2.38. The second-order valence-electron chi connectivity index (χ2n) is 3.48. The van der Waals surface area contributed by atoms with Gasteiger partial charge in [0.2, 0.25) is 0 Å². The number of aromatic nitrogens is 1. The quantitative estimate of drug-likeness (QED) is 0.872. The van der Waals surface area contributed by atoms with Crippen molar-refractivity contribution in [2.75, 3.05) is 11.1 Å². The maximum atomic E-state index is 12.9. The molecule has 0 bridgehead atoms. The zero-order valence-electron chi connectivity index (χ0n) is 9.11. The molecule has 2 aromatic rings. The maximum Gasteiger partial charge on any atom is 0.154 e. The molecule has 1 heterocycles. The monoisotopic (exact) mass is 262 g/mol. The predicted octanol–water partition coefficient (Wildman–Crippen LogP) is 3.07. The Morgan fingerprint density at radius 3 is 2.83 bits per heavy atom. The van der Waals surface area contributed by atoms with Gasteiger partial charge < -0.3 is 11.1 Å². The molecule has 0 saturated carbocycles. The molecule has 3 N–H and O–H groups in total. The van der Waals surface area contributed by atoms with Crippen LogP contribution in [0.4, 0.5) is 21.6 Å². The van der Waals surface area contributed by atoms with Crippen LogP contribution in [0.25, 0.3) is 0 Å². The van der Waals surface area contributed by atoms with Gasteiger partial charge in [0.1, 0.15) is 11.9 Å². The van der Waals surface area contributed by atoms with Crippen molar-refractivity contribution in [3.63, 3.8) is 0 Å². The Bertz CT molecular complexity index is 636. The topological polar surface area (TPSA) is 74.7 Å². The smallest absolute Gasteiger partial charge is 0.154 e. The molecule has 0 aliphatic carbocycles. The van der Waals surface area contributed by atoms with Crippen LogP contribution in [0.15, 0.2) is 30.5 Å². The van der Waals surface area contributed by atoms with Gasteiger partial charge in [-0.2, -0.15) is 5.26 Å². The van der Waals surface area contributed by atoms with Crippen LogP contribution in [0.3, 0.4) is 0 Å². The molecule has 18 heavy (non-hydrogen) atoms. The minimum atomic E-state index is -0.433. The van der Waals surface area contributed by atoms with Crippen LogP contribution in [0, 0.1) is 17.1 Å². The summed E-state index contributed by atoms with van der Waals surface area (Å²) in [6.45, 7) is 0. The third-order valence-electron chi connectivity index (χ3n) is 2.29. The first-order valence-corrected chi connectivity index (χ1v) is 5.36. The number of rotatable bonds is 2. The highest BCUT2D eigenvalue weighted by Gasteiger charge is 2.08. The van der Waals surface area contributed by atoms with Gasteiger partial charge in [0, 0.05) is 6.20 Å². The van der Waals surface area contributed by atoms with Gasteiger partial charge in [0.15, 0.2) is 5.82 Å². The highest BCUT2D eigenvalue weighted by Crippen LogP contribution is 2.28. The molecule has 0 spiro atoms. The molecule has 6 heteroatoms. The van der Waals surface area contributed by atoms with Gasteiger partial charge in [-0.15, -0.1) is 0 Å². The lowest BCUT2D eigenvalue weighted by atomic mass is 10.2. The van der Waals surface area contributed by atoms with E-state index in [0.29, 0.717) is 17.1 Å². The van der Waals surface area contributed by atoms with Gasteiger partial charge in [-0.3, -0.25) is 0 Å².